The summed E-state index contributed by atoms with van der Waals surface area (Å²) in [5.74, 6) is 0.0895. The topological polar surface area (TPSA) is 33.2 Å². The van der Waals surface area contributed by atoms with E-state index in [1.54, 1.807) is 16.2 Å². The van der Waals surface area contributed by atoms with Crippen LogP contribution in [0.4, 0.5) is 5.69 Å². The summed E-state index contributed by atoms with van der Waals surface area (Å²) in [6.45, 7) is 2.57. The van der Waals surface area contributed by atoms with Crippen LogP contribution in [0.2, 0.25) is 0 Å². The largest absolute Gasteiger partial charge is 0.311 e. The summed E-state index contributed by atoms with van der Waals surface area (Å²) in [4.78, 5) is 18.1. The monoisotopic (exact) mass is 292 g/mol. The molecule has 1 aromatic heterocycles. The highest BCUT2D eigenvalue weighted by Gasteiger charge is 2.29. The fourth-order valence-electron chi connectivity index (χ4n) is 2.24. The Morgan fingerprint density at radius 1 is 1.47 bits per heavy atom. The molecule has 0 aliphatic carbocycles. The number of anilines is 1. The quantitative estimate of drug-likeness (QED) is 0.794. The first-order valence-electron chi connectivity index (χ1n) is 6.10. The highest BCUT2D eigenvalue weighted by molar-refractivity contribution is 7.09. The van der Waals surface area contributed by atoms with E-state index < -0.39 is 0 Å². The Bertz CT molecular complexity index is 625. The van der Waals surface area contributed by atoms with Crippen molar-refractivity contribution in [3.63, 3.8) is 0 Å². The molecule has 1 atom stereocenters. The molecule has 1 aliphatic heterocycles. The first-order valence-corrected chi connectivity index (χ1v) is 7.42. The van der Waals surface area contributed by atoms with E-state index in [2.05, 4.69) is 4.98 Å². The van der Waals surface area contributed by atoms with Crippen LogP contribution < -0.4 is 4.90 Å². The van der Waals surface area contributed by atoms with Crippen LogP contribution in [0.1, 0.15) is 11.4 Å². The molecule has 5 heteroatoms. The average molecular weight is 293 g/mol. The van der Waals surface area contributed by atoms with E-state index in [0.29, 0.717) is 13.0 Å². The van der Waals surface area contributed by atoms with Crippen molar-refractivity contribution in [2.75, 3.05) is 11.4 Å². The van der Waals surface area contributed by atoms with E-state index in [-0.39, 0.29) is 11.3 Å². The van der Waals surface area contributed by atoms with E-state index in [1.165, 1.54) is 0 Å². The molecule has 0 spiro atoms. The number of halogens is 1. The Kier molecular flexibility index (Phi) is 3.29. The van der Waals surface area contributed by atoms with Crippen LogP contribution in [0, 0.1) is 6.92 Å². The van der Waals surface area contributed by atoms with Gasteiger partial charge in [-0.25, -0.2) is 4.98 Å². The molecular formula is C14H13ClN2OS. The minimum atomic E-state index is -0.0855. The number of carbonyl (C=O) groups is 1. The second kappa shape index (κ2) is 4.94. The van der Waals surface area contributed by atoms with E-state index >= 15 is 0 Å². The Balaban J connectivity index is 1.94. The van der Waals surface area contributed by atoms with Crippen molar-refractivity contribution in [2.45, 2.75) is 18.7 Å². The van der Waals surface area contributed by atoms with Crippen LogP contribution in [0.15, 0.2) is 29.6 Å². The van der Waals surface area contributed by atoms with Gasteiger partial charge >= 0.3 is 0 Å². The maximum atomic E-state index is 11.9. The number of hydrogen-bond donors (Lipinski definition) is 0. The van der Waals surface area contributed by atoms with Gasteiger partial charge in [-0.3, -0.25) is 4.79 Å². The summed E-state index contributed by atoms with van der Waals surface area (Å²) in [5.41, 5.74) is 2.89. The number of thiazole rings is 1. The van der Waals surface area contributed by atoms with Crippen molar-refractivity contribution < 1.29 is 4.79 Å². The lowest BCUT2D eigenvalue weighted by Gasteiger charge is -2.16. The van der Waals surface area contributed by atoms with E-state index in [9.17, 15) is 4.79 Å². The Morgan fingerprint density at radius 3 is 2.95 bits per heavy atom. The predicted octanol–water partition coefficient (Wildman–Crippen LogP) is 3.46. The van der Waals surface area contributed by atoms with Gasteiger partial charge in [0.25, 0.3) is 0 Å². The third-order valence-electron chi connectivity index (χ3n) is 3.15. The van der Waals surface area contributed by atoms with Crippen LogP contribution in [0.5, 0.6) is 0 Å². The Labute approximate surface area is 120 Å². The van der Waals surface area contributed by atoms with Crippen molar-refractivity contribution >= 4 is 34.5 Å². The van der Waals surface area contributed by atoms with Crippen molar-refractivity contribution in [3.05, 3.63) is 34.7 Å². The molecule has 1 unspecified atom stereocenters. The number of benzene rings is 1. The number of aromatic nitrogens is 1. The van der Waals surface area contributed by atoms with Crippen LogP contribution in [0.25, 0.3) is 11.3 Å². The number of amides is 1. The molecule has 0 radical (unpaired) electrons. The molecular weight excluding hydrogens is 280 g/mol. The lowest BCUT2D eigenvalue weighted by Crippen LogP contribution is -2.24. The number of rotatable bonds is 2. The van der Waals surface area contributed by atoms with E-state index in [1.807, 2.05) is 36.6 Å². The Morgan fingerprint density at radius 2 is 2.32 bits per heavy atom. The van der Waals surface area contributed by atoms with Crippen LogP contribution in [0.3, 0.4) is 0 Å². The van der Waals surface area contributed by atoms with Crippen molar-refractivity contribution in [2.24, 2.45) is 0 Å². The average Bonchev–Trinajstić information content (AvgIpc) is 2.96. The number of carbonyl (C=O) groups excluding carboxylic acids is 1. The standard InChI is InChI=1S/C14H13ClN2OS/c1-9-16-13(8-19-9)10-3-2-4-12(5-10)17-7-11(15)6-14(17)18/h2-5,8,11H,6-7H2,1H3. The molecule has 1 amide bonds. The lowest BCUT2D eigenvalue weighted by molar-refractivity contribution is -0.117. The van der Waals surface area contributed by atoms with Gasteiger partial charge < -0.3 is 4.90 Å². The maximum absolute atomic E-state index is 11.9. The molecule has 0 N–H and O–H groups in total. The summed E-state index contributed by atoms with van der Waals surface area (Å²) >= 11 is 7.66. The summed E-state index contributed by atoms with van der Waals surface area (Å²) in [6, 6.07) is 7.90. The summed E-state index contributed by atoms with van der Waals surface area (Å²) in [5, 5.41) is 2.99. The number of aryl methyl sites for hydroxylation is 1. The van der Waals surface area contributed by atoms with Gasteiger partial charge in [0.1, 0.15) is 0 Å². The van der Waals surface area contributed by atoms with Gasteiger partial charge in [0.05, 0.1) is 16.1 Å². The van der Waals surface area contributed by atoms with Gasteiger partial charge in [0, 0.05) is 29.6 Å². The zero-order chi connectivity index (χ0) is 13.4. The molecule has 2 heterocycles. The smallest absolute Gasteiger partial charge is 0.228 e. The predicted molar refractivity (Wildman–Crippen MR) is 78.9 cm³/mol. The zero-order valence-corrected chi connectivity index (χ0v) is 12.0. The van der Waals surface area contributed by atoms with Crippen LogP contribution in [-0.2, 0) is 4.79 Å². The van der Waals surface area contributed by atoms with Gasteiger partial charge in [0.2, 0.25) is 5.91 Å². The third kappa shape index (κ3) is 2.51. The SMILES string of the molecule is Cc1nc(-c2cccc(N3CC(Cl)CC3=O)c2)cs1. The number of nitrogens with zero attached hydrogens (tertiary/aromatic N) is 2. The van der Waals surface area contributed by atoms with Gasteiger partial charge in [-0.1, -0.05) is 12.1 Å². The third-order valence-corrected chi connectivity index (χ3v) is 4.22. The molecule has 1 fully saturated rings. The highest BCUT2D eigenvalue weighted by Crippen LogP contribution is 2.29. The fraction of sp³-hybridized carbons (Fsp3) is 0.286. The minimum Gasteiger partial charge on any atom is -0.311 e. The molecule has 1 aliphatic rings. The molecule has 98 valence electrons. The first-order chi connectivity index (χ1) is 9.13. The fourth-order valence-corrected chi connectivity index (χ4v) is 3.13. The van der Waals surface area contributed by atoms with Gasteiger partial charge in [-0.05, 0) is 19.1 Å². The minimum absolute atomic E-state index is 0.0855. The molecule has 0 bridgehead atoms. The van der Waals surface area contributed by atoms with Gasteiger partial charge in [-0.2, -0.15) is 0 Å². The van der Waals surface area contributed by atoms with Crippen LogP contribution in [-0.4, -0.2) is 22.8 Å². The van der Waals surface area contributed by atoms with Gasteiger partial charge in [-0.15, -0.1) is 22.9 Å². The summed E-state index contributed by atoms with van der Waals surface area (Å²) in [7, 11) is 0. The second-order valence-electron chi connectivity index (χ2n) is 4.61. The molecule has 19 heavy (non-hydrogen) atoms. The van der Waals surface area contributed by atoms with E-state index in [0.717, 1.165) is 22.0 Å². The number of alkyl halides is 1. The van der Waals surface area contributed by atoms with Crippen molar-refractivity contribution in [3.8, 4) is 11.3 Å². The van der Waals surface area contributed by atoms with E-state index in [4.69, 9.17) is 11.6 Å². The molecule has 1 aromatic carbocycles. The summed E-state index contributed by atoms with van der Waals surface area (Å²) in [6.07, 6.45) is 0.418. The molecule has 0 saturated carbocycles. The second-order valence-corrected chi connectivity index (χ2v) is 6.29. The number of hydrogen-bond acceptors (Lipinski definition) is 3. The first kappa shape index (κ1) is 12.6. The Hall–Kier alpha value is -1.39. The normalized spacial score (nSPS) is 19.2. The maximum Gasteiger partial charge on any atom is 0.228 e. The lowest BCUT2D eigenvalue weighted by atomic mass is 10.1. The zero-order valence-electron chi connectivity index (χ0n) is 10.5. The molecule has 2 aromatic rings. The summed E-state index contributed by atoms with van der Waals surface area (Å²) < 4.78 is 0. The van der Waals surface area contributed by atoms with Crippen molar-refractivity contribution in [1.82, 2.24) is 4.98 Å². The highest BCUT2D eigenvalue weighted by atomic mass is 35.5. The molecule has 1 saturated heterocycles. The molecule has 3 rings (SSSR count). The van der Waals surface area contributed by atoms with Gasteiger partial charge in [0.15, 0.2) is 0 Å². The van der Waals surface area contributed by atoms with Crippen LogP contribution >= 0.6 is 22.9 Å². The molecule has 3 nitrogen and oxygen atoms in total. The van der Waals surface area contributed by atoms with Crippen molar-refractivity contribution in [1.29, 1.82) is 0 Å².